The third-order valence-corrected chi connectivity index (χ3v) is 5.08. The Balaban J connectivity index is 1.59. The number of carbonyl (C=O) groups is 1. The lowest BCUT2D eigenvalue weighted by Gasteiger charge is -2.14. The molecule has 0 radical (unpaired) electrons. The fraction of sp³-hybridized carbons (Fsp3) is 0.217. The van der Waals surface area contributed by atoms with Gasteiger partial charge in [-0.05, 0) is 55.8 Å². The second-order valence-electron chi connectivity index (χ2n) is 7.29. The fourth-order valence-electron chi connectivity index (χ4n) is 3.26. The van der Waals surface area contributed by atoms with Crippen molar-refractivity contribution < 1.29 is 19.1 Å². The summed E-state index contributed by atoms with van der Waals surface area (Å²) in [5.74, 6) is 0.158. The predicted molar refractivity (Wildman–Crippen MR) is 122 cm³/mol. The van der Waals surface area contributed by atoms with Gasteiger partial charge in [-0.2, -0.15) is 5.10 Å². The maximum absolute atomic E-state index is 13.2. The van der Waals surface area contributed by atoms with Crippen LogP contribution in [0.15, 0.2) is 53.3 Å². The number of hydrogen-bond donors (Lipinski definition) is 0. The Bertz CT molecular complexity index is 1380. The molecule has 10 heteroatoms. The first-order valence-electron chi connectivity index (χ1n) is 10.0. The Morgan fingerprint density at radius 1 is 1.09 bits per heavy atom. The Morgan fingerprint density at radius 3 is 2.52 bits per heavy atom. The van der Waals surface area contributed by atoms with Crippen LogP contribution in [0.25, 0.3) is 16.9 Å². The standard InChI is InChI=1S/C23H21ClN4O5/c1-14-10-15(2)27(26-14)23-25-20-11-17(24)6-9-19(20)22(30)28(23)33-13-21(29)32-12-16-4-7-18(31-3)8-5-16/h4-11H,12-13H2,1-3H3. The third kappa shape index (κ3) is 4.83. The molecule has 0 fully saturated rings. The second-order valence-corrected chi connectivity index (χ2v) is 7.73. The van der Waals surface area contributed by atoms with Crippen molar-refractivity contribution in [3.63, 3.8) is 0 Å². The highest BCUT2D eigenvalue weighted by molar-refractivity contribution is 6.31. The molecule has 33 heavy (non-hydrogen) atoms. The first-order chi connectivity index (χ1) is 15.9. The van der Waals surface area contributed by atoms with Crippen molar-refractivity contribution in [3.05, 3.63) is 80.9 Å². The molecule has 0 spiro atoms. The lowest BCUT2D eigenvalue weighted by Crippen LogP contribution is -2.35. The van der Waals surface area contributed by atoms with E-state index in [0.29, 0.717) is 16.3 Å². The topological polar surface area (TPSA) is 97.5 Å². The molecule has 9 nitrogen and oxygen atoms in total. The van der Waals surface area contributed by atoms with Crippen LogP contribution in [0.3, 0.4) is 0 Å². The molecule has 0 saturated carbocycles. The average molecular weight is 469 g/mol. The van der Waals surface area contributed by atoms with E-state index in [1.54, 1.807) is 49.6 Å². The molecular weight excluding hydrogens is 448 g/mol. The van der Waals surface area contributed by atoms with Gasteiger partial charge in [0, 0.05) is 10.7 Å². The van der Waals surface area contributed by atoms with Crippen molar-refractivity contribution in [1.29, 1.82) is 0 Å². The van der Waals surface area contributed by atoms with Gasteiger partial charge in [-0.1, -0.05) is 23.7 Å². The minimum Gasteiger partial charge on any atom is -0.497 e. The SMILES string of the molecule is COc1ccc(COC(=O)COn2c(-n3nc(C)cc3C)nc3cc(Cl)ccc3c2=O)cc1. The minimum absolute atomic E-state index is 0.0554. The first-order valence-corrected chi connectivity index (χ1v) is 10.4. The molecule has 0 N–H and O–H groups in total. The summed E-state index contributed by atoms with van der Waals surface area (Å²) in [7, 11) is 1.57. The monoisotopic (exact) mass is 468 g/mol. The molecule has 0 amide bonds. The summed E-state index contributed by atoms with van der Waals surface area (Å²) in [5.41, 5.74) is 2.15. The number of benzene rings is 2. The molecule has 4 aromatic rings. The normalized spacial score (nSPS) is 10.9. The quantitative estimate of drug-likeness (QED) is 0.384. The molecule has 4 rings (SSSR count). The van der Waals surface area contributed by atoms with E-state index in [2.05, 4.69) is 10.1 Å². The molecule has 2 heterocycles. The number of hydrogen-bond acceptors (Lipinski definition) is 7. The van der Waals surface area contributed by atoms with Crippen LogP contribution in [0.1, 0.15) is 17.0 Å². The van der Waals surface area contributed by atoms with Crippen LogP contribution in [0, 0.1) is 13.8 Å². The molecule has 0 unspecified atom stereocenters. The first kappa shape index (κ1) is 22.3. The van der Waals surface area contributed by atoms with E-state index in [4.69, 9.17) is 25.9 Å². The number of aryl methyl sites for hydroxylation is 2. The predicted octanol–water partition coefficient (Wildman–Crippen LogP) is 3.03. The van der Waals surface area contributed by atoms with Crippen molar-refractivity contribution >= 4 is 28.5 Å². The largest absolute Gasteiger partial charge is 0.497 e. The lowest BCUT2D eigenvalue weighted by molar-refractivity contribution is -0.150. The smallest absolute Gasteiger partial charge is 0.347 e. The highest BCUT2D eigenvalue weighted by Gasteiger charge is 2.18. The van der Waals surface area contributed by atoms with Crippen molar-refractivity contribution in [2.75, 3.05) is 13.7 Å². The van der Waals surface area contributed by atoms with Crippen LogP contribution < -0.4 is 15.1 Å². The highest BCUT2D eigenvalue weighted by Crippen LogP contribution is 2.17. The Kier molecular flexibility index (Phi) is 6.32. The fourth-order valence-corrected chi connectivity index (χ4v) is 3.42. The van der Waals surface area contributed by atoms with Crippen molar-refractivity contribution in [2.24, 2.45) is 0 Å². The summed E-state index contributed by atoms with van der Waals surface area (Å²) in [6, 6.07) is 13.7. The number of aromatic nitrogens is 4. The molecule has 0 saturated heterocycles. The van der Waals surface area contributed by atoms with Crippen LogP contribution in [-0.2, 0) is 16.1 Å². The summed E-state index contributed by atoms with van der Waals surface area (Å²) >= 11 is 6.08. The molecule has 0 aliphatic carbocycles. The van der Waals surface area contributed by atoms with Gasteiger partial charge in [-0.15, -0.1) is 4.73 Å². The molecule has 2 aromatic carbocycles. The zero-order valence-corrected chi connectivity index (χ0v) is 19.0. The number of fused-ring (bicyclic) bond motifs is 1. The van der Waals surface area contributed by atoms with E-state index in [1.807, 2.05) is 19.9 Å². The van der Waals surface area contributed by atoms with Crippen LogP contribution in [-0.4, -0.2) is 39.2 Å². The number of methoxy groups -OCH3 is 1. The summed E-state index contributed by atoms with van der Waals surface area (Å²) in [5, 5.41) is 5.11. The number of esters is 1. The Hall–Kier alpha value is -3.85. The van der Waals surface area contributed by atoms with Gasteiger partial charge in [0.05, 0.1) is 23.7 Å². The van der Waals surface area contributed by atoms with Crippen molar-refractivity contribution in [3.8, 4) is 11.7 Å². The van der Waals surface area contributed by atoms with Crippen molar-refractivity contribution in [2.45, 2.75) is 20.5 Å². The molecular formula is C23H21ClN4O5. The lowest BCUT2D eigenvalue weighted by atomic mass is 10.2. The van der Waals surface area contributed by atoms with Gasteiger partial charge in [0.15, 0.2) is 0 Å². The van der Waals surface area contributed by atoms with Gasteiger partial charge in [-0.25, -0.2) is 14.5 Å². The molecule has 2 aromatic heterocycles. The molecule has 0 aliphatic rings. The van der Waals surface area contributed by atoms with Gasteiger partial charge < -0.3 is 14.3 Å². The number of ether oxygens (including phenoxy) is 2. The van der Waals surface area contributed by atoms with Crippen LogP contribution >= 0.6 is 11.6 Å². The van der Waals surface area contributed by atoms with Crippen molar-refractivity contribution in [1.82, 2.24) is 19.5 Å². The maximum atomic E-state index is 13.2. The van der Waals surface area contributed by atoms with Crippen LogP contribution in [0.5, 0.6) is 5.75 Å². The number of carbonyl (C=O) groups excluding carboxylic acids is 1. The zero-order valence-electron chi connectivity index (χ0n) is 18.2. The van der Waals surface area contributed by atoms with Gasteiger partial charge in [-0.3, -0.25) is 4.79 Å². The molecule has 170 valence electrons. The van der Waals surface area contributed by atoms with Crippen LogP contribution in [0.2, 0.25) is 5.02 Å². The molecule has 0 atom stereocenters. The van der Waals surface area contributed by atoms with Gasteiger partial charge in [0.25, 0.3) is 11.5 Å². The molecule has 0 aliphatic heterocycles. The number of halogens is 1. The van der Waals surface area contributed by atoms with E-state index in [-0.39, 0.29) is 17.9 Å². The Labute approximate surface area is 194 Å². The molecule has 0 bridgehead atoms. The highest BCUT2D eigenvalue weighted by atomic mass is 35.5. The number of rotatable bonds is 7. The summed E-state index contributed by atoms with van der Waals surface area (Å²) < 4.78 is 12.8. The maximum Gasteiger partial charge on any atom is 0.347 e. The minimum atomic E-state index is -0.645. The van der Waals surface area contributed by atoms with E-state index in [9.17, 15) is 9.59 Å². The van der Waals surface area contributed by atoms with E-state index in [1.165, 1.54) is 4.68 Å². The third-order valence-electron chi connectivity index (χ3n) is 4.85. The van der Waals surface area contributed by atoms with Crippen LogP contribution in [0.4, 0.5) is 0 Å². The average Bonchev–Trinajstić information content (AvgIpc) is 3.14. The van der Waals surface area contributed by atoms with Gasteiger partial charge >= 0.3 is 5.97 Å². The van der Waals surface area contributed by atoms with Gasteiger partial charge in [0.1, 0.15) is 12.4 Å². The van der Waals surface area contributed by atoms with E-state index >= 15 is 0 Å². The van der Waals surface area contributed by atoms with E-state index < -0.39 is 18.1 Å². The summed E-state index contributed by atoms with van der Waals surface area (Å²) in [4.78, 5) is 35.5. The second kappa shape index (κ2) is 9.33. The van der Waals surface area contributed by atoms with E-state index in [0.717, 1.165) is 21.7 Å². The summed E-state index contributed by atoms with van der Waals surface area (Å²) in [6.07, 6.45) is 0. The Morgan fingerprint density at radius 2 is 1.85 bits per heavy atom. The summed E-state index contributed by atoms with van der Waals surface area (Å²) in [6.45, 7) is 3.20. The van der Waals surface area contributed by atoms with Gasteiger partial charge in [0.2, 0.25) is 6.61 Å². The number of nitrogens with zero attached hydrogens (tertiary/aromatic N) is 4. The zero-order chi connectivity index (χ0) is 23.5.